The summed E-state index contributed by atoms with van der Waals surface area (Å²) >= 11 is 3.22. The predicted octanol–water partition coefficient (Wildman–Crippen LogP) is 3.19. The Morgan fingerprint density at radius 1 is 1.17 bits per heavy atom. The van der Waals surface area contributed by atoms with Crippen molar-refractivity contribution in [1.82, 2.24) is 0 Å². The van der Waals surface area contributed by atoms with Crippen molar-refractivity contribution in [3.63, 3.8) is 0 Å². The molecule has 0 saturated heterocycles. The van der Waals surface area contributed by atoms with Crippen LogP contribution in [0.15, 0.2) is 57.9 Å². The number of carbonyl (C=O) groups is 1. The van der Waals surface area contributed by atoms with Crippen LogP contribution in [0.2, 0.25) is 0 Å². The zero-order valence-electron chi connectivity index (χ0n) is 12.9. The summed E-state index contributed by atoms with van der Waals surface area (Å²) in [6, 6.07) is 12.8. The van der Waals surface area contributed by atoms with E-state index in [1.54, 1.807) is 43.3 Å². The van der Waals surface area contributed by atoms with Crippen LogP contribution in [-0.2, 0) is 19.6 Å². The zero-order valence-corrected chi connectivity index (χ0v) is 15.3. The van der Waals surface area contributed by atoms with E-state index < -0.39 is 16.0 Å². The molecule has 0 saturated carbocycles. The second kappa shape index (κ2) is 8.16. The van der Waals surface area contributed by atoms with Crippen LogP contribution < -0.4 is 9.46 Å². The quantitative estimate of drug-likeness (QED) is 0.704. The highest BCUT2D eigenvalue weighted by atomic mass is 79.9. The molecule has 0 heterocycles. The summed E-state index contributed by atoms with van der Waals surface area (Å²) in [5.41, 5.74) is 0.326. The standard InChI is InChI=1S/C16H16BrNO5S/c1-2-22-16(19)11-23-13-7-5-6-12(10-13)18-24(20,21)15-9-4-3-8-14(15)17/h3-10,18H,2,11H2,1H3. The van der Waals surface area contributed by atoms with Crippen molar-refractivity contribution in [1.29, 1.82) is 0 Å². The maximum atomic E-state index is 12.4. The topological polar surface area (TPSA) is 81.7 Å². The van der Waals surface area contributed by atoms with Crippen LogP contribution in [0.25, 0.3) is 0 Å². The van der Waals surface area contributed by atoms with E-state index in [4.69, 9.17) is 9.47 Å². The first kappa shape index (κ1) is 18.3. The molecule has 6 nitrogen and oxygen atoms in total. The van der Waals surface area contributed by atoms with Gasteiger partial charge in [-0.3, -0.25) is 4.72 Å². The fourth-order valence-electron chi connectivity index (χ4n) is 1.87. The maximum Gasteiger partial charge on any atom is 0.344 e. The Hall–Kier alpha value is -2.06. The predicted molar refractivity (Wildman–Crippen MR) is 93.5 cm³/mol. The lowest BCUT2D eigenvalue weighted by atomic mass is 10.3. The van der Waals surface area contributed by atoms with Gasteiger partial charge in [-0.05, 0) is 47.1 Å². The highest BCUT2D eigenvalue weighted by Crippen LogP contribution is 2.25. The van der Waals surface area contributed by atoms with Gasteiger partial charge >= 0.3 is 5.97 Å². The Bertz CT molecular complexity index is 823. The fourth-order valence-corrected chi connectivity index (χ4v) is 3.92. The van der Waals surface area contributed by atoms with Crippen molar-refractivity contribution in [3.05, 3.63) is 53.0 Å². The number of esters is 1. The second-order valence-corrected chi connectivity index (χ2v) is 7.16. The minimum Gasteiger partial charge on any atom is -0.482 e. The molecule has 0 aromatic heterocycles. The Morgan fingerprint density at radius 2 is 1.92 bits per heavy atom. The Balaban J connectivity index is 2.12. The molecule has 0 aliphatic rings. The average Bonchev–Trinajstić information content (AvgIpc) is 2.53. The van der Waals surface area contributed by atoms with E-state index in [0.29, 0.717) is 15.9 Å². The molecule has 128 valence electrons. The van der Waals surface area contributed by atoms with E-state index >= 15 is 0 Å². The minimum atomic E-state index is -3.74. The number of nitrogens with one attached hydrogen (secondary N) is 1. The highest BCUT2D eigenvalue weighted by Gasteiger charge is 2.17. The van der Waals surface area contributed by atoms with E-state index in [2.05, 4.69) is 20.7 Å². The SMILES string of the molecule is CCOC(=O)COc1cccc(NS(=O)(=O)c2ccccc2Br)c1. The van der Waals surface area contributed by atoms with Crippen molar-refractivity contribution >= 4 is 37.6 Å². The van der Waals surface area contributed by atoms with Crippen LogP contribution in [0.3, 0.4) is 0 Å². The third kappa shape index (κ3) is 4.97. The summed E-state index contributed by atoms with van der Waals surface area (Å²) in [7, 11) is -3.74. The summed E-state index contributed by atoms with van der Waals surface area (Å²) < 4.78 is 37.8. The first-order valence-electron chi connectivity index (χ1n) is 7.08. The van der Waals surface area contributed by atoms with E-state index in [0.717, 1.165) is 0 Å². The molecule has 2 aromatic carbocycles. The first-order valence-corrected chi connectivity index (χ1v) is 9.36. The van der Waals surface area contributed by atoms with Crippen LogP contribution in [-0.4, -0.2) is 27.6 Å². The maximum absolute atomic E-state index is 12.4. The van der Waals surface area contributed by atoms with Gasteiger partial charge in [0.05, 0.1) is 12.3 Å². The third-order valence-corrected chi connectivity index (χ3v) is 5.27. The monoisotopic (exact) mass is 413 g/mol. The molecule has 0 fully saturated rings. The zero-order chi connectivity index (χ0) is 17.6. The van der Waals surface area contributed by atoms with Crippen LogP contribution in [0.1, 0.15) is 6.92 Å². The smallest absolute Gasteiger partial charge is 0.344 e. The first-order chi connectivity index (χ1) is 11.4. The van der Waals surface area contributed by atoms with Crippen LogP contribution in [0, 0.1) is 0 Å². The molecule has 2 aromatic rings. The molecule has 0 atom stereocenters. The van der Waals surface area contributed by atoms with Crippen LogP contribution in [0.5, 0.6) is 5.75 Å². The van der Waals surface area contributed by atoms with Crippen LogP contribution in [0.4, 0.5) is 5.69 Å². The molecule has 0 bridgehead atoms. The Kier molecular flexibility index (Phi) is 6.22. The molecular formula is C16H16BrNO5S. The number of benzene rings is 2. The summed E-state index contributed by atoms with van der Waals surface area (Å²) in [4.78, 5) is 11.4. The Morgan fingerprint density at radius 3 is 2.62 bits per heavy atom. The molecule has 2 rings (SSSR count). The Labute approximate surface area is 149 Å². The van der Waals surface area contributed by atoms with E-state index in [-0.39, 0.29) is 18.1 Å². The fraction of sp³-hybridized carbons (Fsp3) is 0.188. The number of ether oxygens (including phenoxy) is 2. The molecule has 8 heteroatoms. The van der Waals surface area contributed by atoms with Crippen molar-refractivity contribution < 1.29 is 22.7 Å². The van der Waals surface area contributed by atoms with Crippen LogP contribution >= 0.6 is 15.9 Å². The number of carbonyl (C=O) groups excluding carboxylic acids is 1. The number of rotatable bonds is 7. The van der Waals surface area contributed by atoms with Gasteiger partial charge in [-0.25, -0.2) is 13.2 Å². The molecule has 0 amide bonds. The second-order valence-electron chi connectivity index (χ2n) is 4.66. The molecular weight excluding hydrogens is 398 g/mol. The molecule has 24 heavy (non-hydrogen) atoms. The number of anilines is 1. The lowest BCUT2D eigenvalue weighted by Gasteiger charge is -2.11. The summed E-state index contributed by atoms with van der Waals surface area (Å²) in [6.07, 6.45) is 0. The molecule has 0 radical (unpaired) electrons. The van der Waals surface area contributed by atoms with E-state index in [9.17, 15) is 13.2 Å². The van der Waals surface area contributed by atoms with E-state index in [1.165, 1.54) is 12.1 Å². The summed E-state index contributed by atoms with van der Waals surface area (Å²) in [5, 5.41) is 0. The molecule has 1 N–H and O–H groups in total. The van der Waals surface area contributed by atoms with Crippen molar-refractivity contribution in [2.45, 2.75) is 11.8 Å². The van der Waals surface area contributed by atoms with Crippen molar-refractivity contribution in [2.24, 2.45) is 0 Å². The lowest BCUT2D eigenvalue weighted by molar-refractivity contribution is -0.145. The van der Waals surface area contributed by atoms with E-state index in [1.807, 2.05) is 0 Å². The molecule has 0 aliphatic carbocycles. The molecule has 0 aliphatic heterocycles. The highest BCUT2D eigenvalue weighted by molar-refractivity contribution is 9.10. The third-order valence-electron chi connectivity index (χ3n) is 2.87. The van der Waals surface area contributed by atoms with Gasteiger partial charge in [-0.2, -0.15) is 0 Å². The van der Waals surface area contributed by atoms with Gasteiger partial charge in [-0.15, -0.1) is 0 Å². The van der Waals surface area contributed by atoms with Crippen molar-refractivity contribution in [2.75, 3.05) is 17.9 Å². The van der Waals surface area contributed by atoms with Gasteiger partial charge in [0.25, 0.3) is 10.0 Å². The number of hydrogen-bond donors (Lipinski definition) is 1. The van der Waals surface area contributed by atoms with Gasteiger partial charge < -0.3 is 9.47 Å². The van der Waals surface area contributed by atoms with Gasteiger partial charge in [0.1, 0.15) is 10.6 Å². The number of halogens is 1. The van der Waals surface area contributed by atoms with Gasteiger partial charge in [0.2, 0.25) is 0 Å². The van der Waals surface area contributed by atoms with Gasteiger partial charge in [-0.1, -0.05) is 18.2 Å². The normalized spacial score (nSPS) is 10.9. The summed E-state index contributed by atoms with van der Waals surface area (Å²) in [5.74, 6) is -0.132. The number of sulfonamides is 1. The molecule has 0 unspecified atom stereocenters. The van der Waals surface area contributed by atoms with Crippen molar-refractivity contribution in [3.8, 4) is 5.75 Å². The molecule has 0 spiro atoms. The van der Waals surface area contributed by atoms with Gasteiger partial charge in [0.15, 0.2) is 6.61 Å². The van der Waals surface area contributed by atoms with Gasteiger partial charge in [0, 0.05) is 10.5 Å². The minimum absolute atomic E-state index is 0.128. The number of hydrogen-bond acceptors (Lipinski definition) is 5. The largest absolute Gasteiger partial charge is 0.482 e. The average molecular weight is 414 g/mol. The summed E-state index contributed by atoms with van der Waals surface area (Å²) in [6.45, 7) is 1.73. The lowest BCUT2D eigenvalue weighted by Crippen LogP contribution is -2.15.